The predicted molar refractivity (Wildman–Crippen MR) is 55.6 cm³/mol. The molecule has 1 aliphatic carbocycles. The van der Waals surface area contributed by atoms with Gasteiger partial charge in [-0.15, -0.1) is 0 Å². The van der Waals surface area contributed by atoms with E-state index in [0.29, 0.717) is 0 Å². The Balaban J connectivity index is 2.21. The Morgan fingerprint density at radius 3 is 2.47 bits per heavy atom. The van der Waals surface area contributed by atoms with Gasteiger partial charge in [-0.2, -0.15) is 0 Å². The van der Waals surface area contributed by atoms with Crippen LogP contribution in [0.1, 0.15) is 33.1 Å². The lowest BCUT2D eigenvalue weighted by Gasteiger charge is -2.39. The van der Waals surface area contributed by atoms with Crippen molar-refractivity contribution in [2.75, 3.05) is 6.54 Å². The van der Waals surface area contributed by atoms with Gasteiger partial charge in [-0.3, -0.25) is 4.79 Å². The number of nitrogens with one attached hydrogen (secondary N) is 2. The number of carboxylic acid groups (broad SMARTS) is 1. The van der Waals surface area contributed by atoms with Crippen molar-refractivity contribution >= 4 is 12.0 Å². The molecule has 0 bridgehead atoms. The van der Waals surface area contributed by atoms with Gasteiger partial charge < -0.3 is 15.7 Å². The van der Waals surface area contributed by atoms with Gasteiger partial charge in [0.05, 0.1) is 5.92 Å². The summed E-state index contributed by atoms with van der Waals surface area (Å²) in [6, 6.07) is -0.273. The van der Waals surface area contributed by atoms with E-state index >= 15 is 0 Å². The zero-order valence-electron chi connectivity index (χ0n) is 9.17. The van der Waals surface area contributed by atoms with Crippen molar-refractivity contribution in [1.29, 1.82) is 0 Å². The normalized spacial score (nSPS) is 19.9. The number of carboxylic acids is 1. The molecule has 0 aromatic rings. The van der Waals surface area contributed by atoms with Crippen molar-refractivity contribution < 1.29 is 14.7 Å². The van der Waals surface area contributed by atoms with Gasteiger partial charge in [-0.25, -0.2) is 4.79 Å². The molecule has 1 atom stereocenters. The molecule has 1 saturated carbocycles. The quantitative estimate of drug-likeness (QED) is 0.652. The van der Waals surface area contributed by atoms with Gasteiger partial charge >= 0.3 is 12.0 Å². The average Bonchev–Trinajstić information content (AvgIpc) is 2.11. The zero-order valence-corrected chi connectivity index (χ0v) is 9.17. The van der Waals surface area contributed by atoms with Crippen molar-refractivity contribution in [2.45, 2.75) is 38.6 Å². The number of urea groups is 1. The minimum absolute atomic E-state index is 0.0868. The van der Waals surface area contributed by atoms with Crippen LogP contribution >= 0.6 is 0 Å². The molecule has 5 nitrogen and oxygen atoms in total. The van der Waals surface area contributed by atoms with Crippen LogP contribution in [0.25, 0.3) is 0 Å². The Kier molecular flexibility index (Phi) is 3.55. The van der Waals surface area contributed by atoms with Gasteiger partial charge in [0.25, 0.3) is 0 Å². The molecule has 1 aliphatic rings. The fraction of sp³-hybridized carbons (Fsp3) is 0.800. The van der Waals surface area contributed by atoms with Crippen molar-refractivity contribution in [1.82, 2.24) is 10.6 Å². The van der Waals surface area contributed by atoms with Gasteiger partial charge in [-0.05, 0) is 26.2 Å². The second kappa shape index (κ2) is 4.51. The van der Waals surface area contributed by atoms with Crippen LogP contribution in [-0.4, -0.2) is 29.2 Å². The summed E-state index contributed by atoms with van der Waals surface area (Å²) >= 11 is 0. The maximum absolute atomic E-state index is 11.4. The molecule has 2 amide bonds. The first-order chi connectivity index (χ1) is 6.93. The molecule has 1 unspecified atom stereocenters. The van der Waals surface area contributed by atoms with Crippen LogP contribution in [0.2, 0.25) is 0 Å². The number of carbonyl (C=O) groups is 2. The highest BCUT2D eigenvalue weighted by Gasteiger charge is 2.33. The average molecular weight is 214 g/mol. The van der Waals surface area contributed by atoms with E-state index in [9.17, 15) is 9.59 Å². The Morgan fingerprint density at radius 1 is 1.47 bits per heavy atom. The molecule has 0 radical (unpaired) electrons. The third-order valence-electron chi connectivity index (χ3n) is 2.86. The van der Waals surface area contributed by atoms with Crippen LogP contribution in [0.4, 0.5) is 4.79 Å². The second-order valence-corrected chi connectivity index (χ2v) is 4.49. The summed E-state index contributed by atoms with van der Waals surface area (Å²) in [5.74, 6) is -1.45. The van der Waals surface area contributed by atoms with E-state index in [1.807, 2.05) is 6.92 Å². The highest BCUT2D eigenvalue weighted by molar-refractivity contribution is 5.76. The lowest BCUT2D eigenvalue weighted by molar-refractivity contribution is -0.140. The summed E-state index contributed by atoms with van der Waals surface area (Å²) in [6.07, 6.45) is 3.13. The SMILES string of the molecule is CC(CNC(=O)NC1(C)CCC1)C(=O)O. The van der Waals surface area contributed by atoms with Gasteiger partial charge in [0, 0.05) is 12.1 Å². The van der Waals surface area contributed by atoms with E-state index in [-0.39, 0.29) is 18.1 Å². The fourth-order valence-corrected chi connectivity index (χ4v) is 1.48. The Hall–Kier alpha value is -1.26. The summed E-state index contributed by atoms with van der Waals surface area (Å²) < 4.78 is 0. The fourth-order valence-electron chi connectivity index (χ4n) is 1.48. The van der Waals surface area contributed by atoms with E-state index < -0.39 is 11.9 Å². The largest absolute Gasteiger partial charge is 0.481 e. The third-order valence-corrected chi connectivity index (χ3v) is 2.86. The lowest BCUT2D eigenvalue weighted by atomic mass is 9.79. The molecule has 86 valence electrons. The monoisotopic (exact) mass is 214 g/mol. The first-order valence-corrected chi connectivity index (χ1v) is 5.22. The third kappa shape index (κ3) is 3.42. The molecule has 0 spiro atoms. The number of aliphatic carboxylic acids is 1. The molecule has 0 saturated heterocycles. The molecule has 3 N–H and O–H groups in total. The van der Waals surface area contributed by atoms with Crippen LogP contribution in [0, 0.1) is 5.92 Å². The van der Waals surface area contributed by atoms with Crippen molar-refractivity contribution in [3.63, 3.8) is 0 Å². The molecular weight excluding hydrogens is 196 g/mol. The molecule has 0 aliphatic heterocycles. The second-order valence-electron chi connectivity index (χ2n) is 4.49. The van der Waals surface area contributed by atoms with Gasteiger partial charge in [0.15, 0.2) is 0 Å². The maximum atomic E-state index is 11.4. The van der Waals surface area contributed by atoms with E-state index in [4.69, 9.17) is 5.11 Å². The van der Waals surface area contributed by atoms with Crippen LogP contribution in [0.5, 0.6) is 0 Å². The first-order valence-electron chi connectivity index (χ1n) is 5.22. The number of rotatable bonds is 4. The summed E-state index contributed by atoms with van der Waals surface area (Å²) in [4.78, 5) is 21.9. The zero-order chi connectivity index (χ0) is 11.5. The molecule has 5 heteroatoms. The standard InChI is InChI=1S/C10H18N2O3/c1-7(8(13)14)6-11-9(15)12-10(2)4-3-5-10/h7H,3-6H2,1-2H3,(H,13,14)(H2,11,12,15). The molecular formula is C10H18N2O3. The number of amides is 2. The molecule has 0 aromatic carbocycles. The van der Waals surface area contributed by atoms with Crippen molar-refractivity contribution in [3.8, 4) is 0 Å². The first kappa shape index (κ1) is 11.8. The maximum Gasteiger partial charge on any atom is 0.315 e. The highest BCUT2D eigenvalue weighted by Crippen LogP contribution is 2.30. The van der Waals surface area contributed by atoms with E-state index in [1.54, 1.807) is 6.92 Å². The van der Waals surface area contributed by atoms with E-state index in [0.717, 1.165) is 19.3 Å². The molecule has 1 fully saturated rings. The summed E-state index contributed by atoms with van der Waals surface area (Å²) in [7, 11) is 0. The molecule has 0 heterocycles. The minimum Gasteiger partial charge on any atom is -0.481 e. The number of hydrogen-bond donors (Lipinski definition) is 3. The van der Waals surface area contributed by atoms with Crippen LogP contribution < -0.4 is 10.6 Å². The van der Waals surface area contributed by atoms with Gasteiger partial charge in [-0.1, -0.05) is 6.92 Å². The Morgan fingerprint density at radius 2 is 2.07 bits per heavy atom. The predicted octanol–water partition coefficient (Wildman–Crippen LogP) is 0.949. The van der Waals surface area contributed by atoms with Gasteiger partial charge in [0.1, 0.15) is 0 Å². The van der Waals surface area contributed by atoms with Crippen LogP contribution in [-0.2, 0) is 4.79 Å². The number of carbonyl (C=O) groups excluding carboxylic acids is 1. The molecule has 0 aromatic heterocycles. The molecule has 1 rings (SSSR count). The Labute approximate surface area is 89.2 Å². The highest BCUT2D eigenvalue weighted by atomic mass is 16.4. The smallest absolute Gasteiger partial charge is 0.315 e. The number of hydrogen-bond acceptors (Lipinski definition) is 2. The van der Waals surface area contributed by atoms with Crippen LogP contribution in [0.3, 0.4) is 0 Å². The summed E-state index contributed by atoms with van der Waals surface area (Å²) in [5.41, 5.74) is -0.0868. The Bertz CT molecular complexity index is 261. The van der Waals surface area contributed by atoms with E-state index in [1.165, 1.54) is 0 Å². The van der Waals surface area contributed by atoms with Gasteiger partial charge in [0.2, 0.25) is 0 Å². The van der Waals surface area contributed by atoms with Crippen molar-refractivity contribution in [3.05, 3.63) is 0 Å². The lowest BCUT2D eigenvalue weighted by Crippen LogP contribution is -2.54. The van der Waals surface area contributed by atoms with E-state index in [2.05, 4.69) is 10.6 Å². The summed E-state index contributed by atoms with van der Waals surface area (Å²) in [6.45, 7) is 3.72. The van der Waals surface area contributed by atoms with Crippen LogP contribution in [0.15, 0.2) is 0 Å². The van der Waals surface area contributed by atoms with Crippen molar-refractivity contribution in [2.24, 2.45) is 5.92 Å². The topological polar surface area (TPSA) is 78.4 Å². The summed E-state index contributed by atoms with van der Waals surface area (Å²) in [5, 5.41) is 14.0. The molecule has 15 heavy (non-hydrogen) atoms. The minimum atomic E-state index is -0.898.